The Morgan fingerprint density at radius 1 is 1.25 bits per heavy atom. The van der Waals surface area contributed by atoms with Crippen molar-refractivity contribution in [1.82, 2.24) is 29.9 Å². The maximum atomic E-state index is 5.81. The van der Waals surface area contributed by atoms with Gasteiger partial charge in [-0.2, -0.15) is 0 Å². The van der Waals surface area contributed by atoms with Crippen LogP contribution in [-0.4, -0.2) is 49.6 Å². The number of benzene rings is 1. The van der Waals surface area contributed by atoms with Gasteiger partial charge < -0.3 is 20.4 Å². The fourth-order valence-electron chi connectivity index (χ4n) is 3.37. The fourth-order valence-corrected chi connectivity index (χ4v) is 3.37. The molecule has 4 aromatic rings. The lowest BCUT2D eigenvalue weighted by Crippen LogP contribution is -2.21. The van der Waals surface area contributed by atoms with Gasteiger partial charge in [-0.15, -0.1) is 5.10 Å². The minimum absolute atomic E-state index is 0.513. The van der Waals surface area contributed by atoms with Gasteiger partial charge in [0.2, 0.25) is 5.75 Å². The molecule has 0 fully saturated rings. The van der Waals surface area contributed by atoms with Gasteiger partial charge in [0.25, 0.3) is 0 Å². The molecule has 3 N–H and O–H groups in total. The van der Waals surface area contributed by atoms with Crippen molar-refractivity contribution in [3.05, 3.63) is 42.2 Å². The summed E-state index contributed by atoms with van der Waals surface area (Å²) in [6.07, 6.45) is 4.71. The molecule has 0 aliphatic carbocycles. The molecule has 3 aromatic heterocycles. The molecule has 0 radical (unpaired) electrons. The lowest BCUT2D eigenvalue weighted by atomic mass is 10.1. The summed E-state index contributed by atoms with van der Waals surface area (Å²) >= 11 is 0. The summed E-state index contributed by atoms with van der Waals surface area (Å²) in [4.78, 5) is 12.5. The molecule has 1 aliphatic heterocycles. The Bertz CT molecular complexity index is 1130. The van der Waals surface area contributed by atoms with Crippen molar-refractivity contribution < 1.29 is 4.74 Å². The van der Waals surface area contributed by atoms with E-state index in [2.05, 4.69) is 60.3 Å². The van der Waals surface area contributed by atoms with Gasteiger partial charge in [-0.25, -0.2) is 9.97 Å². The van der Waals surface area contributed by atoms with Crippen LogP contribution < -0.4 is 15.4 Å². The van der Waals surface area contributed by atoms with Gasteiger partial charge in [0.15, 0.2) is 17.5 Å². The van der Waals surface area contributed by atoms with E-state index in [9.17, 15) is 0 Å². The third kappa shape index (κ3) is 3.00. The second-order valence-corrected chi connectivity index (χ2v) is 6.66. The number of aryl methyl sites for hydroxylation is 1. The maximum Gasteiger partial charge on any atom is 0.204 e. The summed E-state index contributed by atoms with van der Waals surface area (Å²) < 4.78 is 7.44. The first-order valence-electron chi connectivity index (χ1n) is 9.22. The molecule has 9 nitrogen and oxygen atoms in total. The number of anilines is 2. The van der Waals surface area contributed by atoms with Gasteiger partial charge in [-0.3, -0.25) is 4.68 Å². The van der Waals surface area contributed by atoms with Crippen LogP contribution in [0.3, 0.4) is 0 Å². The molecule has 142 valence electrons. The number of aromatic nitrogens is 6. The van der Waals surface area contributed by atoms with Gasteiger partial charge in [-0.1, -0.05) is 23.4 Å². The van der Waals surface area contributed by atoms with Crippen LogP contribution in [0.4, 0.5) is 11.6 Å². The monoisotopic (exact) mass is 376 g/mol. The van der Waals surface area contributed by atoms with E-state index in [1.54, 1.807) is 10.9 Å². The fraction of sp³-hybridized carbons (Fsp3) is 0.263. The number of aromatic amines is 1. The SMILES string of the molecule is Cn1cc(-c2nc3c(c(NCCc4c[nH]c5ccccc45)n2)OCCN3)nn1. The summed E-state index contributed by atoms with van der Waals surface area (Å²) in [6, 6.07) is 8.31. The van der Waals surface area contributed by atoms with Crippen LogP contribution in [0.15, 0.2) is 36.7 Å². The van der Waals surface area contributed by atoms with Crippen LogP contribution in [-0.2, 0) is 13.5 Å². The Morgan fingerprint density at radius 2 is 2.18 bits per heavy atom. The number of fused-ring (bicyclic) bond motifs is 2. The Morgan fingerprint density at radius 3 is 3.07 bits per heavy atom. The molecular formula is C19H20N8O. The summed E-state index contributed by atoms with van der Waals surface area (Å²) in [7, 11) is 1.82. The Kier molecular flexibility index (Phi) is 4.04. The molecular weight excluding hydrogens is 356 g/mol. The van der Waals surface area contributed by atoms with E-state index in [4.69, 9.17) is 4.74 Å². The number of ether oxygens (including phenoxy) is 1. The summed E-state index contributed by atoms with van der Waals surface area (Å²) in [6.45, 7) is 2.01. The zero-order valence-corrected chi connectivity index (χ0v) is 15.4. The summed E-state index contributed by atoms with van der Waals surface area (Å²) in [5.74, 6) is 2.51. The molecule has 5 rings (SSSR count). The quantitative estimate of drug-likeness (QED) is 0.490. The maximum absolute atomic E-state index is 5.81. The molecule has 0 unspecified atom stereocenters. The number of H-pyrrole nitrogens is 1. The first kappa shape index (κ1) is 16.5. The van der Waals surface area contributed by atoms with Gasteiger partial charge >= 0.3 is 0 Å². The minimum Gasteiger partial charge on any atom is -0.485 e. The normalized spacial score (nSPS) is 13.0. The van der Waals surface area contributed by atoms with E-state index in [-0.39, 0.29) is 0 Å². The molecule has 0 atom stereocenters. The molecule has 9 heteroatoms. The summed E-state index contributed by atoms with van der Waals surface area (Å²) in [5, 5.41) is 16.0. The van der Waals surface area contributed by atoms with Crippen molar-refractivity contribution in [2.45, 2.75) is 6.42 Å². The lowest BCUT2D eigenvalue weighted by Gasteiger charge is -2.21. The third-order valence-electron chi connectivity index (χ3n) is 4.70. The van der Waals surface area contributed by atoms with E-state index in [0.29, 0.717) is 48.6 Å². The van der Waals surface area contributed by atoms with E-state index in [1.807, 2.05) is 13.1 Å². The van der Waals surface area contributed by atoms with Gasteiger partial charge in [0.1, 0.15) is 12.3 Å². The van der Waals surface area contributed by atoms with Crippen LogP contribution in [0, 0.1) is 0 Å². The molecule has 0 saturated heterocycles. The molecule has 0 spiro atoms. The van der Waals surface area contributed by atoms with Crippen molar-refractivity contribution in [1.29, 1.82) is 0 Å². The minimum atomic E-state index is 0.513. The number of hydrogen-bond acceptors (Lipinski definition) is 7. The number of nitrogens with one attached hydrogen (secondary N) is 3. The van der Waals surface area contributed by atoms with Crippen molar-refractivity contribution >= 4 is 22.5 Å². The number of hydrogen-bond donors (Lipinski definition) is 3. The predicted octanol–water partition coefficient (Wildman–Crippen LogP) is 2.21. The van der Waals surface area contributed by atoms with Gasteiger partial charge in [-0.05, 0) is 18.1 Å². The van der Waals surface area contributed by atoms with Crippen molar-refractivity contribution in [3.63, 3.8) is 0 Å². The molecule has 28 heavy (non-hydrogen) atoms. The van der Waals surface area contributed by atoms with Crippen molar-refractivity contribution in [2.75, 3.05) is 30.3 Å². The standard InChI is InChI=1S/C19H20N8O/c1-27-11-15(25-26-27)17-23-18(16-19(24-17)21-8-9-28-16)20-7-6-12-10-22-14-5-3-2-4-13(12)14/h2-5,10-11,22H,6-9H2,1H3,(H2,20,21,23,24). The molecule has 4 heterocycles. The van der Waals surface area contributed by atoms with Crippen LogP contribution in [0.25, 0.3) is 22.4 Å². The molecule has 0 saturated carbocycles. The highest BCUT2D eigenvalue weighted by Crippen LogP contribution is 2.34. The highest BCUT2D eigenvalue weighted by molar-refractivity contribution is 5.83. The average Bonchev–Trinajstić information content (AvgIpc) is 3.34. The third-order valence-corrected chi connectivity index (χ3v) is 4.70. The highest BCUT2D eigenvalue weighted by Gasteiger charge is 2.21. The first-order chi connectivity index (χ1) is 13.8. The van der Waals surface area contributed by atoms with Gasteiger partial charge in [0.05, 0.1) is 12.7 Å². The molecule has 0 bridgehead atoms. The zero-order chi connectivity index (χ0) is 18.9. The molecule has 1 aliphatic rings. The Hall–Kier alpha value is -3.62. The van der Waals surface area contributed by atoms with E-state index < -0.39 is 0 Å². The van der Waals surface area contributed by atoms with Crippen LogP contribution >= 0.6 is 0 Å². The van der Waals surface area contributed by atoms with Crippen molar-refractivity contribution in [3.8, 4) is 17.3 Å². The topological polar surface area (TPSA) is 106 Å². The van der Waals surface area contributed by atoms with E-state index >= 15 is 0 Å². The highest BCUT2D eigenvalue weighted by atomic mass is 16.5. The molecule has 0 amide bonds. The average molecular weight is 376 g/mol. The van der Waals surface area contributed by atoms with Crippen molar-refractivity contribution in [2.24, 2.45) is 7.05 Å². The van der Waals surface area contributed by atoms with Crippen LogP contribution in [0.1, 0.15) is 5.56 Å². The Labute approximate surface area is 161 Å². The zero-order valence-electron chi connectivity index (χ0n) is 15.4. The molecule has 1 aromatic carbocycles. The first-order valence-corrected chi connectivity index (χ1v) is 9.22. The smallest absolute Gasteiger partial charge is 0.204 e. The Balaban J connectivity index is 1.40. The van der Waals surface area contributed by atoms with E-state index in [1.165, 1.54) is 10.9 Å². The number of para-hydroxylation sites is 1. The second kappa shape index (κ2) is 6.84. The van der Waals surface area contributed by atoms with Crippen LogP contribution in [0.2, 0.25) is 0 Å². The summed E-state index contributed by atoms with van der Waals surface area (Å²) in [5.41, 5.74) is 3.03. The van der Waals surface area contributed by atoms with Gasteiger partial charge in [0, 0.05) is 30.7 Å². The predicted molar refractivity (Wildman–Crippen MR) is 107 cm³/mol. The number of rotatable bonds is 5. The van der Waals surface area contributed by atoms with E-state index in [0.717, 1.165) is 11.9 Å². The number of nitrogens with zero attached hydrogens (tertiary/aromatic N) is 5. The second-order valence-electron chi connectivity index (χ2n) is 6.66. The lowest BCUT2D eigenvalue weighted by molar-refractivity contribution is 0.321. The largest absolute Gasteiger partial charge is 0.485 e. The van der Waals surface area contributed by atoms with Crippen LogP contribution in [0.5, 0.6) is 5.75 Å².